The second-order valence-electron chi connectivity index (χ2n) is 3.82. The van der Waals surface area contributed by atoms with Gasteiger partial charge in [0.15, 0.2) is 0 Å². The summed E-state index contributed by atoms with van der Waals surface area (Å²) in [5.74, 6) is -0.598. The van der Waals surface area contributed by atoms with Crippen LogP contribution in [0.4, 0.5) is 0 Å². The van der Waals surface area contributed by atoms with Gasteiger partial charge in [0.2, 0.25) is 5.91 Å². The minimum absolute atomic E-state index is 0.142. The van der Waals surface area contributed by atoms with E-state index in [9.17, 15) is 14.4 Å². The van der Waals surface area contributed by atoms with Gasteiger partial charge in [0, 0.05) is 18.5 Å². The lowest BCUT2D eigenvalue weighted by atomic mass is 10.1. The highest BCUT2D eigenvalue weighted by Gasteiger charge is 2.31. The zero-order valence-corrected chi connectivity index (χ0v) is 10.2. The third-order valence-corrected chi connectivity index (χ3v) is 2.68. The number of imide groups is 1. The van der Waals surface area contributed by atoms with Gasteiger partial charge in [0.1, 0.15) is 0 Å². The summed E-state index contributed by atoms with van der Waals surface area (Å²) in [5, 5.41) is 0. The van der Waals surface area contributed by atoms with E-state index >= 15 is 0 Å². The van der Waals surface area contributed by atoms with Gasteiger partial charge in [0.05, 0.1) is 13.5 Å². The molecule has 5 nitrogen and oxygen atoms in total. The van der Waals surface area contributed by atoms with Crippen LogP contribution in [0.2, 0.25) is 0 Å². The number of unbranched alkanes of at least 4 members (excludes halogenated alkanes) is 1. The van der Waals surface area contributed by atoms with Crippen LogP contribution in [0.3, 0.4) is 0 Å². The molecule has 1 aliphatic heterocycles. The van der Waals surface area contributed by atoms with Gasteiger partial charge in [-0.2, -0.15) is 0 Å². The fourth-order valence-electron chi connectivity index (χ4n) is 1.72. The highest BCUT2D eigenvalue weighted by atomic mass is 16.5. The highest BCUT2D eigenvalue weighted by Crippen LogP contribution is 2.19. The van der Waals surface area contributed by atoms with Crippen molar-refractivity contribution >= 4 is 17.8 Å². The van der Waals surface area contributed by atoms with Crippen LogP contribution in [-0.4, -0.2) is 36.3 Å². The normalized spacial score (nSPS) is 18.0. The second-order valence-corrected chi connectivity index (χ2v) is 3.82. The quantitative estimate of drug-likeness (QED) is 0.311. The molecule has 0 aromatic rings. The smallest absolute Gasteiger partial charge is 0.305 e. The van der Waals surface area contributed by atoms with E-state index in [-0.39, 0.29) is 24.2 Å². The van der Waals surface area contributed by atoms with Crippen LogP contribution in [0.1, 0.15) is 32.6 Å². The molecule has 0 saturated carbocycles. The van der Waals surface area contributed by atoms with Gasteiger partial charge < -0.3 is 4.74 Å². The van der Waals surface area contributed by atoms with Crippen LogP contribution in [0.5, 0.6) is 0 Å². The fourth-order valence-corrected chi connectivity index (χ4v) is 1.72. The summed E-state index contributed by atoms with van der Waals surface area (Å²) in [6.07, 6.45) is 3.51. The molecule has 0 spiro atoms. The van der Waals surface area contributed by atoms with Crippen LogP contribution in [0.15, 0.2) is 11.6 Å². The first-order chi connectivity index (χ1) is 8.10. The number of carbonyl (C=O) groups excluding carboxylic acids is 3. The van der Waals surface area contributed by atoms with E-state index in [0.717, 1.165) is 0 Å². The third-order valence-electron chi connectivity index (χ3n) is 2.68. The second kappa shape index (κ2) is 6.18. The lowest BCUT2D eigenvalue weighted by molar-refractivity contribution is -0.141. The Labute approximate surface area is 100 Å². The lowest BCUT2D eigenvalue weighted by Crippen LogP contribution is -2.28. The Kier molecular flexibility index (Phi) is 4.87. The Morgan fingerprint density at radius 2 is 2.18 bits per heavy atom. The van der Waals surface area contributed by atoms with Crippen LogP contribution in [0.25, 0.3) is 0 Å². The summed E-state index contributed by atoms with van der Waals surface area (Å²) in [6, 6.07) is 0. The number of esters is 1. The van der Waals surface area contributed by atoms with Gasteiger partial charge >= 0.3 is 5.97 Å². The predicted molar refractivity (Wildman–Crippen MR) is 61.0 cm³/mol. The number of allylic oxidation sites excluding steroid dienone is 1. The first-order valence-electron chi connectivity index (χ1n) is 5.70. The summed E-state index contributed by atoms with van der Waals surface area (Å²) in [6.45, 7) is 2.19. The molecule has 5 heteroatoms. The third kappa shape index (κ3) is 3.41. The molecule has 0 radical (unpaired) electrons. The standard InChI is InChI=1S/C12H17NO4/c1-3-13-10(14)8-9(12(13)16)6-4-5-7-11(15)17-2/h6H,3-5,7-8H2,1-2H3/b9-6+. The molecule has 1 heterocycles. The molecule has 17 heavy (non-hydrogen) atoms. The molecule has 0 N–H and O–H groups in total. The fraction of sp³-hybridized carbons (Fsp3) is 0.583. The summed E-state index contributed by atoms with van der Waals surface area (Å²) < 4.78 is 4.51. The van der Waals surface area contributed by atoms with Crippen LogP contribution in [0, 0.1) is 0 Å². The first-order valence-corrected chi connectivity index (χ1v) is 5.70. The highest BCUT2D eigenvalue weighted by molar-refractivity contribution is 6.13. The molecule has 2 amide bonds. The lowest BCUT2D eigenvalue weighted by Gasteiger charge is -2.08. The van der Waals surface area contributed by atoms with Gasteiger partial charge in [-0.3, -0.25) is 19.3 Å². The van der Waals surface area contributed by atoms with E-state index in [0.29, 0.717) is 31.4 Å². The maximum atomic E-state index is 11.7. The van der Waals surface area contributed by atoms with Gasteiger partial charge in [-0.25, -0.2) is 0 Å². The Morgan fingerprint density at radius 1 is 1.47 bits per heavy atom. The van der Waals surface area contributed by atoms with Crippen molar-refractivity contribution in [3.63, 3.8) is 0 Å². The van der Waals surface area contributed by atoms with Crippen molar-refractivity contribution < 1.29 is 19.1 Å². The van der Waals surface area contributed by atoms with Crippen molar-refractivity contribution in [2.45, 2.75) is 32.6 Å². The number of rotatable bonds is 5. The average molecular weight is 239 g/mol. The van der Waals surface area contributed by atoms with Crippen molar-refractivity contribution in [1.82, 2.24) is 4.90 Å². The van der Waals surface area contributed by atoms with E-state index < -0.39 is 0 Å². The number of likely N-dealkylation sites (N-methyl/N-ethyl adjacent to an activating group) is 1. The van der Waals surface area contributed by atoms with E-state index in [1.54, 1.807) is 13.0 Å². The molecule has 0 atom stereocenters. The van der Waals surface area contributed by atoms with E-state index in [1.807, 2.05) is 0 Å². The number of carbonyl (C=O) groups is 3. The van der Waals surface area contributed by atoms with Gasteiger partial charge in [-0.15, -0.1) is 0 Å². The van der Waals surface area contributed by atoms with E-state index in [2.05, 4.69) is 4.74 Å². The molecule has 0 unspecified atom stereocenters. The molecular formula is C12H17NO4. The number of hydrogen-bond acceptors (Lipinski definition) is 4. The molecule has 1 rings (SSSR count). The Bertz CT molecular complexity index is 360. The number of likely N-dealkylation sites (tertiary alicyclic amines) is 1. The van der Waals surface area contributed by atoms with Crippen molar-refractivity contribution in [3.05, 3.63) is 11.6 Å². The predicted octanol–water partition coefficient (Wildman–Crippen LogP) is 1.03. The Morgan fingerprint density at radius 3 is 2.71 bits per heavy atom. The zero-order chi connectivity index (χ0) is 12.8. The van der Waals surface area contributed by atoms with Gasteiger partial charge in [-0.05, 0) is 19.8 Å². The SMILES string of the molecule is CCN1C(=O)C/C(=C\CCCC(=O)OC)C1=O. The molecule has 94 valence electrons. The zero-order valence-electron chi connectivity index (χ0n) is 10.2. The first kappa shape index (κ1) is 13.4. The Balaban J connectivity index is 2.44. The molecular weight excluding hydrogens is 222 g/mol. The molecule has 0 aromatic carbocycles. The minimum atomic E-state index is -0.257. The molecule has 1 fully saturated rings. The maximum Gasteiger partial charge on any atom is 0.305 e. The summed E-state index contributed by atoms with van der Waals surface area (Å²) >= 11 is 0. The molecule has 1 saturated heterocycles. The van der Waals surface area contributed by atoms with E-state index in [1.165, 1.54) is 12.0 Å². The van der Waals surface area contributed by atoms with Crippen LogP contribution in [-0.2, 0) is 19.1 Å². The Hall–Kier alpha value is -1.65. The number of nitrogens with zero attached hydrogens (tertiary/aromatic N) is 1. The molecule has 0 bridgehead atoms. The average Bonchev–Trinajstić information content (AvgIpc) is 2.59. The summed E-state index contributed by atoms with van der Waals surface area (Å²) in [5.41, 5.74) is 0.543. The maximum absolute atomic E-state index is 11.7. The molecule has 1 aliphatic rings. The van der Waals surface area contributed by atoms with Crippen molar-refractivity contribution in [1.29, 1.82) is 0 Å². The van der Waals surface area contributed by atoms with E-state index in [4.69, 9.17) is 0 Å². The minimum Gasteiger partial charge on any atom is -0.469 e. The summed E-state index contributed by atoms with van der Waals surface area (Å²) in [7, 11) is 1.35. The van der Waals surface area contributed by atoms with Crippen molar-refractivity contribution in [3.8, 4) is 0 Å². The largest absolute Gasteiger partial charge is 0.469 e. The monoisotopic (exact) mass is 239 g/mol. The number of amides is 2. The topological polar surface area (TPSA) is 63.7 Å². The van der Waals surface area contributed by atoms with Crippen molar-refractivity contribution in [2.75, 3.05) is 13.7 Å². The molecule has 0 aromatic heterocycles. The number of methoxy groups -OCH3 is 1. The van der Waals surface area contributed by atoms with Crippen molar-refractivity contribution in [2.24, 2.45) is 0 Å². The van der Waals surface area contributed by atoms with Crippen LogP contribution >= 0.6 is 0 Å². The van der Waals surface area contributed by atoms with Gasteiger partial charge in [0.25, 0.3) is 5.91 Å². The van der Waals surface area contributed by atoms with Crippen LogP contribution < -0.4 is 0 Å². The number of ether oxygens (including phenoxy) is 1. The van der Waals surface area contributed by atoms with Gasteiger partial charge in [-0.1, -0.05) is 6.08 Å². The number of hydrogen-bond donors (Lipinski definition) is 0. The summed E-state index contributed by atoms with van der Waals surface area (Å²) in [4.78, 5) is 35.2. The molecule has 0 aliphatic carbocycles.